The second-order valence-electron chi connectivity index (χ2n) is 8.83. The van der Waals surface area contributed by atoms with Crippen LogP contribution in [-0.4, -0.2) is 19.3 Å². The van der Waals surface area contributed by atoms with Gasteiger partial charge in [0.05, 0.1) is 36.7 Å². The van der Waals surface area contributed by atoms with Crippen LogP contribution in [0.4, 0.5) is 0 Å². The van der Waals surface area contributed by atoms with Crippen LogP contribution in [0.1, 0.15) is 53.8 Å². The Morgan fingerprint density at radius 2 is 1.21 bits per heavy atom. The van der Waals surface area contributed by atoms with Crippen molar-refractivity contribution in [3.63, 3.8) is 0 Å². The van der Waals surface area contributed by atoms with Gasteiger partial charge in [-0.05, 0) is 56.2 Å². The molecular weight excluding hydrogens is 436 g/mol. The van der Waals surface area contributed by atoms with E-state index in [1.165, 1.54) is 33.8 Å². The summed E-state index contributed by atoms with van der Waals surface area (Å²) < 4.78 is 13.8. The number of nitrogens with zero attached hydrogens (tertiary/aromatic N) is 2. The van der Waals surface area contributed by atoms with E-state index in [-0.39, 0.29) is 41.6 Å². The monoisotopic (exact) mass is 464 g/mol. The predicted octanol–water partition coefficient (Wildman–Crippen LogP) is 4.11. The molecule has 0 aliphatic rings. The van der Waals surface area contributed by atoms with Crippen LogP contribution < -0.4 is 11.1 Å². The third-order valence-electron chi connectivity index (χ3n) is 6.12. The Hall–Kier alpha value is -3.94. The molecular formula is C26H28N2O6. The number of pyridine rings is 2. The minimum Gasteiger partial charge on any atom is -0.507 e. The fourth-order valence-electron chi connectivity index (χ4n) is 4.44. The standard InChI is InChI=1S/C26H28N2O6/c1-15(2)22(23-20(29)11-16(3)27(25(23)31)13-18-7-5-9-33-18)24-21(30)12-17(4)28(26(24)32)14-19-8-6-10-34-19/h5-12,15,22,29-30H,13-14H2,1-4H3. The van der Waals surface area contributed by atoms with E-state index in [4.69, 9.17) is 8.83 Å². The summed E-state index contributed by atoms with van der Waals surface area (Å²) in [7, 11) is 0. The zero-order chi connectivity index (χ0) is 24.6. The molecule has 0 aromatic carbocycles. The SMILES string of the molecule is Cc1cc(O)c(C(c2c(O)cc(C)n(Cc3ccco3)c2=O)C(C)C)c(=O)n1Cc1ccco1. The van der Waals surface area contributed by atoms with Crippen LogP contribution in [0.3, 0.4) is 0 Å². The second kappa shape index (κ2) is 9.13. The average molecular weight is 465 g/mol. The molecule has 0 fully saturated rings. The summed E-state index contributed by atoms with van der Waals surface area (Å²) >= 11 is 0. The minimum atomic E-state index is -0.841. The highest BCUT2D eigenvalue weighted by molar-refractivity contribution is 5.46. The van der Waals surface area contributed by atoms with Gasteiger partial charge in [-0.2, -0.15) is 0 Å². The van der Waals surface area contributed by atoms with E-state index in [0.717, 1.165) is 0 Å². The molecule has 0 saturated carbocycles. The predicted molar refractivity (Wildman–Crippen MR) is 127 cm³/mol. The molecule has 4 aromatic heterocycles. The summed E-state index contributed by atoms with van der Waals surface area (Å²) in [6.07, 6.45) is 3.06. The fraction of sp³-hybridized carbons (Fsp3) is 0.308. The molecule has 0 radical (unpaired) electrons. The van der Waals surface area contributed by atoms with Crippen LogP contribution in [0.5, 0.6) is 11.5 Å². The number of aryl methyl sites for hydroxylation is 2. The lowest BCUT2D eigenvalue weighted by Gasteiger charge is -2.25. The molecule has 8 nitrogen and oxygen atoms in total. The first-order valence-electron chi connectivity index (χ1n) is 11.1. The van der Waals surface area contributed by atoms with Gasteiger partial charge in [0, 0.05) is 17.3 Å². The maximum atomic E-state index is 13.6. The normalized spacial score (nSPS) is 11.6. The van der Waals surface area contributed by atoms with E-state index in [1.54, 1.807) is 38.1 Å². The Balaban J connectivity index is 1.92. The second-order valence-corrected chi connectivity index (χ2v) is 8.83. The Morgan fingerprint density at radius 3 is 1.53 bits per heavy atom. The maximum absolute atomic E-state index is 13.6. The van der Waals surface area contributed by atoms with Crippen molar-refractivity contribution in [2.24, 2.45) is 5.92 Å². The molecule has 4 heterocycles. The van der Waals surface area contributed by atoms with Gasteiger partial charge >= 0.3 is 0 Å². The molecule has 0 bridgehead atoms. The highest BCUT2D eigenvalue weighted by Crippen LogP contribution is 2.37. The van der Waals surface area contributed by atoms with Crippen LogP contribution in [0.2, 0.25) is 0 Å². The summed E-state index contributed by atoms with van der Waals surface area (Å²) in [5.74, 6) is -0.379. The van der Waals surface area contributed by atoms with Crippen molar-refractivity contribution in [2.45, 2.75) is 46.7 Å². The van der Waals surface area contributed by atoms with E-state index in [1.807, 2.05) is 13.8 Å². The van der Waals surface area contributed by atoms with E-state index >= 15 is 0 Å². The lowest BCUT2D eigenvalue weighted by atomic mass is 9.82. The van der Waals surface area contributed by atoms with Gasteiger partial charge in [0.15, 0.2) is 0 Å². The molecule has 4 rings (SSSR count). The van der Waals surface area contributed by atoms with Gasteiger partial charge in [-0.25, -0.2) is 0 Å². The number of aromatic hydroxyl groups is 2. The lowest BCUT2D eigenvalue weighted by molar-refractivity contribution is 0.419. The van der Waals surface area contributed by atoms with Crippen LogP contribution >= 0.6 is 0 Å². The van der Waals surface area contributed by atoms with Crippen molar-refractivity contribution < 1.29 is 19.0 Å². The molecule has 0 unspecified atom stereocenters. The van der Waals surface area contributed by atoms with Gasteiger partial charge in [-0.3, -0.25) is 9.59 Å². The summed E-state index contributed by atoms with van der Waals surface area (Å²) in [4.78, 5) is 27.3. The van der Waals surface area contributed by atoms with Crippen molar-refractivity contribution in [2.75, 3.05) is 0 Å². The van der Waals surface area contributed by atoms with E-state index in [0.29, 0.717) is 22.9 Å². The molecule has 0 aliphatic heterocycles. The van der Waals surface area contributed by atoms with Crippen molar-refractivity contribution in [1.29, 1.82) is 0 Å². The zero-order valence-electron chi connectivity index (χ0n) is 19.6. The number of hydrogen-bond donors (Lipinski definition) is 2. The first-order valence-corrected chi connectivity index (χ1v) is 11.1. The highest BCUT2D eigenvalue weighted by Gasteiger charge is 2.32. The first-order chi connectivity index (χ1) is 16.2. The Labute approximate surface area is 196 Å². The van der Waals surface area contributed by atoms with Gasteiger partial charge in [-0.1, -0.05) is 13.8 Å². The third kappa shape index (κ3) is 4.19. The molecule has 4 aromatic rings. The van der Waals surface area contributed by atoms with Crippen LogP contribution in [0, 0.1) is 19.8 Å². The quantitative estimate of drug-likeness (QED) is 0.426. The van der Waals surface area contributed by atoms with Gasteiger partial charge < -0.3 is 28.2 Å². The van der Waals surface area contributed by atoms with Crippen LogP contribution in [0.15, 0.2) is 67.3 Å². The molecule has 34 heavy (non-hydrogen) atoms. The lowest BCUT2D eigenvalue weighted by Crippen LogP contribution is -2.34. The number of hydrogen-bond acceptors (Lipinski definition) is 6. The van der Waals surface area contributed by atoms with Crippen molar-refractivity contribution in [1.82, 2.24) is 9.13 Å². The third-order valence-corrected chi connectivity index (χ3v) is 6.12. The number of furan rings is 2. The first kappa shape index (κ1) is 23.2. The average Bonchev–Trinajstić information content (AvgIpc) is 3.46. The minimum absolute atomic E-state index is 0.0629. The van der Waals surface area contributed by atoms with Gasteiger partial charge in [0.2, 0.25) is 0 Å². The van der Waals surface area contributed by atoms with Crippen LogP contribution in [0.25, 0.3) is 0 Å². The smallest absolute Gasteiger partial charge is 0.258 e. The van der Waals surface area contributed by atoms with Crippen LogP contribution in [-0.2, 0) is 13.1 Å². The Bertz CT molecular complexity index is 1300. The van der Waals surface area contributed by atoms with Gasteiger partial charge in [-0.15, -0.1) is 0 Å². The van der Waals surface area contributed by atoms with Gasteiger partial charge in [0.1, 0.15) is 23.0 Å². The molecule has 0 aliphatic carbocycles. The molecule has 2 N–H and O–H groups in total. The molecule has 8 heteroatoms. The van der Waals surface area contributed by atoms with E-state index in [2.05, 4.69) is 0 Å². The maximum Gasteiger partial charge on any atom is 0.258 e. The van der Waals surface area contributed by atoms with Gasteiger partial charge in [0.25, 0.3) is 11.1 Å². The molecule has 0 saturated heterocycles. The molecule has 0 atom stereocenters. The zero-order valence-corrected chi connectivity index (χ0v) is 19.6. The van der Waals surface area contributed by atoms with Crippen molar-refractivity contribution in [3.8, 4) is 11.5 Å². The summed E-state index contributed by atoms with van der Waals surface area (Å²) in [5.41, 5.74) is 0.345. The Morgan fingerprint density at radius 1 is 0.794 bits per heavy atom. The van der Waals surface area contributed by atoms with Crippen molar-refractivity contribution in [3.05, 3.63) is 104 Å². The highest BCUT2D eigenvalue weighted by atomic mass is 16.3. The topological polar surface area (TPSA) is 111 Å². The number of aromatic nitrogens is 2. The molecule has 178 valence electrons. The summed E-state index contributed by atoms with van der Waals surface area (Å²) in [5, 5.41) is 21.7. The van der Waals surface area contributed by atoms with E-state index < -0.39 is 17.0 Å². The largest absolute Gasteiger partial charge is 0.507 e. The fourth-order valence-corrected chi connectivity index (χ4v) is 4.44. The Kier molecular flexibility index (Phi) is 6.24. The summed E-state index contributed by atoms with van der Waals surface area (Å²) in [6.45, 7) is 7.48. The number of rotatable bonds is 7. The molecule has 0 amide bonds. The van der Waals surface area contributed by atoms with Crippen molar-refractivity contribution >= 4 is 0 Å². The molecule has 0 spiro atoms. The summed E-state index contributed by atoms with van der Waals surface area (Å²) in [6, 6.07) is 10.00. The van der Waals surface area contributed by atoms with E-state index in [9.17, 15) is 19.8 Å².